The van der Waals surface area contributed by atoms with Crippen LogP contribution >= 0.6 is 23.2 Å². The third kappa shape index (κ3) is 2.62. The van der Waals surface area contributed by atoms with E-state index in [2.05, 4.69) is 5.10 Å². The van der Waals surface area contributed by atoms with Crippen molar-refractivity contribution < 1.29 is 0 Å². The van der Waals surface area contributed by atoms with E-state index < -0.39 is 0 Å². The van der Waals surface area contributed by atoms with Crippen LogP contribution in [-0.4, -0.2) is 9.78 Å². The average molecular weight is 285 g/mol. The Morgan fingerprint density at radius 3 is 2.33 bits per heavy atom. The zero-order chi connectivity index (χ0) is 13.3. The molecule has 2 rings (SSSR count). The molecule has 0 fully saturated rings. The first-order valence-corrected chi connectivity index (χ1v) is 6.50. The number of nitrogens with zero attached hydrogens (tertiary/aromatic N) is 1. The van der Waals surface area contributed by atoms with Gasteiger partial charge < -0.3 is 0 Å². The lowest BCUT2D eigenvalue weighted by atomic mass is 10.1. The van der Waals surface area contributed by atoms with E-state index in [1.807, 2.05) is 26.0 Å². The van der Waals surface area contributed by atoms with E-state index in [4.69, 9.17) is 23.2 Å². The maximum atomic E-state index is 12.1. The van der Waals surface area contributed by atoms with Gasteiger partial charge >= 0.3 is 0 Å². The number of aromatic amines is 1. The molecule has 0 bridgehead atoms. The molecule has 1 aromatic carbocycles. The Kier molecular flexibility index (Phi) is 3.83. The lowest BCUT2D eigenvalue weighted by Crippen LogP contribution is -2.18. The molecule has 0 saturated heterocycles. The maximum absolute atomic E-state index is 12.1. The summed E-state index contributed by atoms with van der Waals surface area (Å²) < 4.78 is 1.59. The summed E-state index contributed by atoms with van der Waals surface area (Å²) in [5, 5.41) is 4.22. The van der Waals surface area contributed by atoms with Crippen LogP contribution in [0.3, 0.4) is 0 Å². The van der Waals surface area contributed by atoms with E-state index in [0.29, 0.717) is 23.0 Å². The number of H-pyrrole nitrogens is 1. The van der Waals surface area contributed by atoms with Gasteiger partial charge in [-0.3, -0.25) is 14.6 Å². The van der Waals surface area contributed by atoms with Gasteiger partial charge in [-0.05, 0) is 37.6 Å². The molecule has 1 N–H and O–H groups in total. The molecule has 96 valence electrons. The summed E-state index contributed by atoms with van der Waals surface area (Å²) in [4.78, 5) is 12.1. The van der Waals surface area contributed by atoms with Crippen LogP contribution in [0.25, 0.3) is 0 Å². The SMILES string of the molecule is CCn1[nH]c(C)c(Cc2cc(Cl)cc(Cl)c2)c1=O. The van der Waals surface area contributed by atoms with Crippen molar-refractivity contribution in [3.63, 3.8) is 0 Å². The third-order valence-electron chi connectivity index (χ3n) is 2.88. The Hall–Kier alpha value is -1.19. The molecule has 0 atom stereocenters. The second kappa shape index (κ2) is 5.21. The van der Waals surface area contributed by atoms with Gasteiger partial charge in [0.1, 0.15) is 0 Å². The zero-order valence-electron chi connectivity index (χ0n) is 10.3. The molecule has 0 radical (unpaired) electrons. The Labute approximate surface area is 115 Å². The van der Waals surface area contributed by atoms with Crippen molar-refractivity contribution in [2.45, 2.75) is 26.8 Å². The van der Waals surface area contributed by atoms with E-state index in [9.17, 15) is 4.79 Å². The van der Waals surface area contributed by atoms with Crippen molar-refractivity contribution in [1.29, 1.82) is 0 Å². The predicted molar refractivity (Wildman–Crippen MR) is 74.7 cm³/mol. The second-order valence-electron chi connectivity index (χ2n) is 4.22. The monoisotopic (exact) mass is 284 g/mol. The summed E-state index contributed by atoms with van der Waals surface area (Å²) in [5.41, 5.74) is 2.61. The molecular formula is C13H14Cl2N2O. The standard InChI is InChI=1S/C13H14Cl2N2O/c1-3-17-13(18)12(8(2)16-17)6-9-4-10(14)7-11(15)5-9/h4-5,7,16H,3,6H2,1-2H3. The molecule has 18 heavy (non-hydrogen) atoms. The Bertz CT molecular complexity index is 608. The quantitative estimate of drug-likeness (QED) is 0.922. The number of nitrogens with one attached hydrogen (secondary N) is 1. The minimum atomic E-state index is 0.0195. The number of aryl methyl sites for hydroxylation is 2. The fourth-order valence-electron chi connectivity index (χ4n) is 1.99. The van der Waals surface area contributed by atoms with Gasteiger partial charge in [-0.15, -0.1) is 0 Å². The molecule has 0 amide bonds. The molecule has 0 spiro atoms. The summed E-state index contributed by atoms with van der Waals surface area (Å²) >= 11 is 11.9. The highest BCUT2D eigenvalue weighted by Crippen LogP contribution is 2.21. The number of aromatic nitrogens is 2. The molecule has 1 aromatic heterocycles. The zero-order valence-corrected chi connectivity index (χ0v) is 11.8. The van der Waals surface area contributed by atoms with Crippen molar-refractivity contribution >= 4 is 23.2 Å². The van der Waals surface area contributed by atoms with Gasteiger partial charge in [0.15, 0.2) is 0 Å². The van der Waals surface area contributed by atoms with Crippen LogP contribution < -0.4 is 5.56 Å². The molecule has 0 aliphatic carbocycles. The van der Waals surface area contributed by atoms with Crippen molar-refractivity contribution in [3.05, 3.63) is 55.4 Å². The summed E-state index contributed by atoms with van der Waals surface area (Å²) in [6, 6.07) is 5.34. The smallest absolute Gasteiger partial charge is 0.270 e. The van der Waals surface area contributed by atoms with Gasteiger partial charge in [0, 0.05) is 34.3 Å². The number of halogens is 2. The van der Waals surface area contributed by atoms with Gasteiger partial charge in [0.2, 0.25) is 0 Å². The first-order chi connectivity index (χ1) is 8.51. The second-order valence-corrected chi connectivity index (χ2v) is 5.09. The molecule has 5 heteroatoms. The molecule has 2 aromatic rings. The lowest BCUT2D eigenvalue weighted by molar-refractivity contribution is 0.632. The average Bonchev–Trinajstić information content (AvgIpc) is 2.55. The van der Waals surface area contributed by atoms with Crippen LogP contribution in [0.5, 0.6) is 0 Å². The molecule has 1 heterocycles. The summed E-state index contributed by atoms with van der Waals surface area (Å²) in [6.45, 7) is 4.46. The molecular weight excluding hydrogens is 271 g/mol. The largest absolute Gasteiger partial charge is 0.300 e. The Balaban J connectivity index is 2.40. The van der Waals surface area contributed by atoms with Gasteiger partial charge in [0.25, 0.3) is 5.56 Å². The molecule has 0 aliphatic heterocycles. The van der Waals surface area contributed by atoms with Crippen LogP contribution in [0.2, 0.25) is 10.0 Å². The van der Waals surface area contributed by atoms with Crippen LogP contribution in [0.1, 0.15) is 23.7 Å². The van der Waals surface area contributed by atoms with Crippen molar-refractivity contribution in [1.82, 2.24) is 9.78 Å². The first kappa shape index (κ1) is 13.2. The number of benzene rings is 1. The number of hydrogen-bond acceptors (Lipinski definition) is 1. The van der Waals surface area contributed by atoms with Gasteiger partial charge in [-0.1, -0.05) is 23.2 Å². The van der Waals surface area contributed by atoms with E-state index in [1.54, 1.807) is 10.7 Å². The van der Waals surface area contributed by atoms with Gasteiger partial charge in [-0.2, -0.15) is 0 Å². The minimum Gasteiger partial charge on any atom is -0.300 e. The van der Waals surface area contributed by atoms with Crippen molar-refractivity contribution in [2.24, 2.45) is 0 Å². The number of rotatable bonds is 3. The van der Waals surface area contributed by atoms with E-state index in [0.717, 1.165) is 16.8 Å². The third-order valence-corrected chi connectivity index (χ3v) is 3.31. The highest BCUT2D eigenvalue weighted by atomic mass is 35.5. The fourth-order valence-corrected chi connectivity index (χ4v) is 2.56. The normalized spacial score (nSPS) is 10.9. The van der Waals surface area contributed by atoms with Crippen LogP contribution in [-0.2, 0) is 13.0 Å². The first-order valence-electron chi connectivity index (χ1n) is 5.74. The Morgan fingerprint density at radius 2 is 1.83 bits per heavy atom. The maximum Gasteiger partial charge on any atom is 0.270 e. The number of hydrogen-bond donors (Lipinski definition) is 1. The van der Waals surface area contributed by atoms with E-state index >= 15 is 0 Å². The molecule has 0 saturated carbocycles. The minimum absolute atomic E-state index is 0.0195. The van der Waals surface area contributed by atoms with Gasteiger partial charge in [0.05, 0.1) is 0 Å². The van der Waals surface area contributed by atoms with E-state index in [1.165, 1.54) is 0 Å². The summed E-state index contributed by atoms with van der Waals surface area (Å²) in [7, 11) is 0. The molecule has 0 aliphatic rings. The van der Waals surface area contributed by atoms with Crippen LogP contribution in [0.15, 0.2) is 23.0 Å². The Morgan fingerprint density at radius 1 is 1.22 bits per heavy atom. The highest BCUT2D eigenvalue weighted by Gasteiger charge is 2.11. The lowest BCUT2D eigenvalue weighted by Gasteiger charge is -2.01. The van der Waals surface area contributed by atoms with Crippen LogP contribution in [0.4, 0.5) is 0 Å². The summed E-state index contributed by atoms with van der Waals surface area (Å²) in [6.07, 6.45) is 0.536. The predicted octanol–water partition coefficient (Wildman–Crippen LogP) is 3.40. The van der Waals surface area contributed by atoms with Gasteiger partial charge in [-0.25, -0.2) is 0 Å². The van der Waals surface area contributed by atoms with E-state index in [-0.39, 0.29) is 5.56 Å². The summed E-state index contributed by atoms with van der Waals surface area (Å²) in [5.74, 6) is 0. The fraction of sp³-hybridized carbons (Fsp3) is 0.308. The molecule has 0 unspecified atom stereocenters. The molecule has 3 nitrogen and oxygen atoms in total. The van der Waals surface area contributed by atoms with Crippen molar-refractivity contribution in [2.75, 3.05) is 0 Å². The van der Waals surface area contributed by atoms with Crippen molar-refractivity contribution in [3.8, 4) is 0 Å². The highest BCUT2D eigenvalue weighted by molar-refractivity contribution is 6.34. The van der Waals surface area contributed by atoms with Crippen LogP contribution in [0, 0.1) is 6.92 Å². The topological polar surface area (TPSA) is 37.8 Å².